The van der Waals surface area contributed by atoms with E-state index in [9.17, 15) is 0 Å². The molecule has 0 aliphatic heterocycles. The number of anilines is 3. The molecule has 12 rings (SSSR count). The van der Waals surface area contributed by atoms with Crippen molar-refractivity contribution in [3.05, 3.63) is 243 Å². The van der Waals surface area contributed by atoms with Crippen molar-refractivity contribution in [2.75, 3.05) is 4.90 Å². The summed E-state index contributed by atoms with van der Waals surface area (Å²) in [7, 11) is 0. The lowest BCUT2D eigenvalue weighted by Gasteiger charge is -2.28. The number of hydrogen-bond acceptors (Lipinski definition) is 1. The molecule has 11 aromatic carbocycles. The summed E-state index contributed by atoms with van der Waals surface area (Å²) in [6.45, 7) is 0. The summed E-state index contributed by atoms with van der Waals surface area (Å²) in [5, 5.41) is 10.2. The van der Waals surface area contributed by atoms with Gasteiger partial charge in [-0.2, -0.15) is 0 Å². The SMILES string of the molecule is c1ccc(-c2ccccc2N(c2ccc(-c3ccc4c(ccc5c6ccccc6ccc45)c3)cc2)c2ccc(-c3ccccc3-n3c4ccccc4c4ccccc43)cc2)cc1. The first-order valence-corrected chi connectivity index (χ1v) is 21.3. The lowest BCUT2D eigenvalue weighted by molar-refractivity contribution is 1.18. The van der Waals surface area contributed by atoms with Crippen LogP contribution in [0.15, 0.2) is 243 Å². The smallest absolute Gasteiger partial charge is 0.0541 e. The van der Waals surface area contributed by atoms with E-state index in [4.69, 9.17) is 0 Å². The number of para-hydroxylation sites is 4. The van der Waals surface area contributed by atoms with Gasteiger partial charge < -0.3 is 9.47 Å². The molecule has 0 aliphatic carbocycles. The minimum Gasteiger partial charge on any atom is -0.310 e. The first kappa shape index (κ1) is 35.7. The van der Waals surface area contributed by atoms with Gasteiger partial charge in [0, 0.05) is 33.3 Å². The molecule has 0 aliphatic rings. The van der Waals surface area contributed by atoms with Gasteiger partial charge in [-0.1, -0.05) is 188 Å². The van der Waals surface area contributed by atoms with E-state index in [1.54, 1.807) is 0 Å². The lowest BCUT2D eigenvalue weighted by Crippen LogP contribution is -2.11. The van der Waals surface area contributed by atoms with Gasteiger partial charge in [0.15, 0.2) is 0 Å². The Morgan fingerprint density at radius 1 is 0.274 bits per heavy atom. The van der Waals surface area contributed by atoms with Crippen LogP contribution in [0.25, 0.3) is 93.2 Å². The molecule has 2 heteroatoms. The number of fused-ring (bicyclic) bond motifs is 8. The summed E-state index contributed by atoms with van der Waals surface area (Å²) < 4.78 is 2.41. The van der Waals surface area contributed by atoms with Crippen molar-refractivity contribution in [1.82, 2.24) is 4.57 Å². The molecule has 0 bridgehead atoms. The molecule has 0 atom stereocenters. The lowest BCUT2D eigenvalue weighted by atomic mass is 9.94. The second-order valence-corrected chi connectivity index (χ2v) is 16.1. The molecule has 1 aromatic heterocycles. The fourth-order valence-corrected chi connectivity index (χ4v) is 9.65. The van der Waals surface area contributed by atoms with Crippen molar-refractivity contribution < 1.29 is 0 Å². The Morgan fingerprint density at radius 3 is 1.47 bits per heavy atom. The molecule has 0 fully saturated rings. The average Bonchev–Trinajstić information content (AvgIpc) is 3.69. The van der Waals surface area contributed by atoms with Gasteiger partial charge in [-0.05, 0) is 109 Å². The highest BCUT2D eigenvalue weighted by molar-refractivity contribution is 6.17. The van der Waals surface area contributed by atoms with Gasteiger partial charge in [-0.25, -0.2) is 0 Å². The zero-order valence-electron chi connectivity index (χ0n) is 34.0. The maximum atomic E-state index is 2.41. The van der Waals surface area contributed by atoms with E-state index in [1.807, 2.05) is 0 Å². The van der Waals surface area contributed by atoms with Crippen molar-refractivity contribution >= 4 is 71.2 Å². The third-order valence-corrected chi connectivity index (χ3v) is 12.6. The molecule has 0 radical (unpaired) electrons. The third kappa shape index (κ3) is 5.96. The van der Waals surface area contributed by atoms with Gasteiger partial charge in [0.1, 0.15) is 0 Å². The third-order valence-electron chi connectivity index (χ3n) is 12.6. The summed E-state index contributed by atoms with van der Waals surface area (Å²) in [5.74, 6) is 0. The van der Waals surface area contributed by atoms with Crippen molar-refractivity contribution in [3.8, 4) is 39.1 Å². The molecule has 290 valence electrons. The van der Waals surface area contributed by atoms with Crippen LogP contribution in [0.1, 0.15) is 0 Å². The van der Waals surface area contributed by atoms with Gasteiger partial charge >= 0.3 is 0 Å². The maximum Gasteiger partial charge on any atom is 0.0541 e. The second kappa shape index (κ2) is 14.8. The van der Waals surface area contributed by atoms with Gasteiger partial charge in [-0.3, -0.25) is 0 Å². The number of aromatic nitrogens is 1. The van der Waals surface area contributed by atoms with Gasteiger partial charge in [0.25, 0.3) is 0 Å². The number of nitrogens with zero attached hydrogens (tertiary/aromatic N) is 2. The Balaban J connectivity index is 0.949. The van der Waals surface area contributed by atoms with Gasteiger partial charge in [-0.15, -0.1) is 0 Å². The Hall–Kier alpha value is -8.20. The Kier molecular flexibility index (Phi) is 8.53. The molecule has 62 heavy (non-hydrogen) atoms. The van der Waals surface area contributed by atoms with Crippen LogP contribution in [0.5, 0.6) is 0 Å². The predicted molar refractivity (Wildman–Crippen MR) is 264 cm³/mol. The largest absolute Gasteiger partial charge is 0.310 e. The van der Waals surface area contributed by atoms with Crippen LogP contribution in [0.3, 0.4) is 0 Å². The van der Waals surface area contributed by atoms with E-state index in [-0.39, 0.29) is 0 Å². The molecule has 2 nitrogen and oxygen atoms in total. The maximum absolute atomic E-state index is 2.41. The van der Waals surface area contributed by atoms with Crippen molar-refractivity contribution in [2.24, 2.45) is 0 Å². The second-order valence-electron chi connectivity index (χ2n) is 16.1. The van der Waals surface area contributed by atoms with Crippen LogP contribution in [0, 0.1) is 0 Å². The molecule has 0 N–H and O–H groups in total. The first-order chi connectivity index (χ1) is 30.8. The molecule has 0 unspecified atom stereocenters. The van der Waals surface area contributed by atoms with Crippen molar-refractivity contribution in [1.29, 1.82) is 0 Å². The summed E-state index contributed by atoms with van der Waals surface area (Å²) >= 11 is 0. The summed E-state index contributed by atoms with van der Waals surface area (Å²) in [6.07, 6.45) is 0. The molecule has 0 saturated carbocycles. The van der Waals surface area contributed by atoms with Crippen molar-refractivity contribution in [2.45, 2.75) is 0 Å². The summed E-state index contributed by atoms with van der Waals surface area (Å²) in [5.41, 5.74) is 14.0. The monoisotopic (exact) mass is 788 g/mol. The van der Waals surface area contributed by atoms with Gasteiger partial charge in [0.05, 0.1) is 22.4 Å². The van der Waals surface area contributed by atoms with E-state index in [0.29, 0.717) is 0 Å². The van der Waals surface area contributed by atoms with E-state index in [2.05, 4.69) is 252 Å². The van der Waals surface area contributed by atoms with Crippen molar-refractivity contribution in [3.63, 3.8) is 0 Å². The zero-order chi connectivity index (χ0) is 41.0. The highest BCUT2D eigenvalue weighted by Crippen LogP contribution is 2.43. The van der Waals surface area contributed by atoms with Crippen LogP contribution in [0.4, 0.5) is 17.1 Å². The average molecular weight is 789 g/mol. The van der Waals surface area contributed by atoms with Crippen LogP contribution in [-0.2, 0) is 0 Å². The molecule has 12 aromatic rings. The summed E-state index contributed by atoms with van der Waals surface area (Å²) in [4.78, 5) is 2.39. The first-order valence-electron chi connectivity index (χ1n) is 21.3. The Morgan fingerprint density at radius 2 is 0.758 bits per heavy atom. The molecule has 0 saturated heterocycles. The molecule has 0 spiro atoms. The molecule has 0 amide bonds. The Bertz CT molecular complexity index is 3560. The molecular formula is C60H40N2. The van der Waals surface area contributed by atoms with E-state index >= 15 is 0 Å². The Labute approximate surface area is 360 Å². The predicted octanol–water partition coefficient (Wildman–Crippen LogP) is 16.7. The van der Waals surface area contributed by atoms with Crippen LogP contribution in [0.2, 0.25) is 0 Å². The van der Waals surface area contributed by atoms with E-state index in [1.165, 1.54) is 81.9 Å². The zero-order valence-corrected chi connectivity index (χ0v) is 34.0. The van der Waals surface area contributed by atoms with Gasteiger partial charge in [0.2, 0.25) is 0 Å². The normalized spacial score (nSPS) is 11.5. The van der Waals surface area contributed by atoms with E-state index in [0.717, 1.165) is 28.3 Å². The molecular weight excluding hydrogens is 749 g/mol. The highest BCUT2D eigenvalue weighted by Gasteiger charge is 2.19. The number of benzene rings is 11. The number of rotatable bonds is 7. The van der Waals surface area contributed by atoms with Crippen LogP contribution < -0.4 is 4.90 Å². The topological polar surface area (TPSA) is 8.17 Å². The van der Waals surface area contributed by atoms with Crippen LogP contribution in [-0.4, -0.2) is 4.57 Å². The quantitative estimate of drug-likeness (QED) is 0.146. The van der Waals surface area contributed by atoms with Crippen LogP contribution >= 0.6 is 0 Å². The van der Waals surface area contributed by atoms with E-state index < -0.39 is 0 Å². The standard InChI is InChI=1S/C60H40N2/c1-2-14-42(15-3-1)51-18-6-10-22-57(51)61(47-33-26-41(27-34-47)45-31-37-50-46(40-45)32-39-53-49-17-5-4-16-43(49)30-38-54(50)53)48-35-28-44(29-36-48)52-19-7-11-23-58(52)62-59-24-12-8-20-55(59)56-21-9-13-25-60(56)62/h1-40H. The minimum absolute atomic E-state index is 1.09. The fourth-order valence-electron chi connectivity index (χ4n) is 9.65. The molecule has 1 heterocycles. The fraction of sp³-hybridized carbons (Fsp3) is 0. The number of hydrogen-bond donors (Lipinski definition) is 0. The summed E-state index contributed by atoms with van der Waals surface area (Å²) in [6, 6.07) is 88.4. The highest BCUT2D eigenvalue weighted by atomic mass is 15.1. The minimum atomic E-state index is 1.09.